The Morgan fingerprint density at radius 2 is 1.88 bits per heavy atom. The highest BCUT2D eigenvalue weighted by atomic mass is 32.2. The number of aromatic nitrogens is 1. The van der Waals surface area contributed by atoms with Crippen LogP contribution < -0.4 is 5.32 Å². The Bertz CT molecular complexity index is 863. The van der Waals surface area contributed by atoms with Gasteiger partial charge < -0.3 is 5.32 Å². The Morgan fingerprint density at radius 1 is 1.12 bits per heavy atom. The predicted molar refractivity (Wildman–Crippen MR) is 99.2 cm³/mol. The topological polar surface area (TPSA) is 79.4 Å². The Kier molecular flexibility index (Phi) is 5.68. The number of carbonyl (C=O) groups is 1. The van der Waals surface area contributed by atoms with E-state index in [1.165, 1.54) is 10.4 Å². The lowest BCUT2D eigenvalue weighted by molar-refractivity contribution is 0.0939. The lowest BCUT2D eigenvalue weighted by Crippen LogP contribution is -2.35. The van der Waals surface area contributed by atoms with E-state index in [1.54, 1.807) is 24.4 Å². The number of rotatable bonds is 5. The molecule has 0 spiro atoms. The van der Waals surface area contributed by atoms with Crippen molar-refractivity contribution in [3.05, 3.63) is 59.9 Å². The van der Waals surface area contributed by atoms with E-state index in [-0.39, 0.29) is 16.8 Å². The Hall–Kier alpha value is -2.25. The molecule has 1 saturated heterocycles. The predicted octanol–water partition coefficient (Wildman–Crippen LogP) is 2.75. The second-order valence-electron chi connectivity index (χ2n) is 6.44. The lowest BCUT2D eigenvalue weighted by Gasteiger charge is -2.26. The molecule has 0 bridgehead atoms. The molecular formula is C19H23N3O3S. The van der Waals surface area contributed by atoms with Crippen LogP contribution in [0, 0.1) is 0 Å². The second-order valence-corrected chi connectivity index (χ2v) is 8.38. The Balaban J connectivity index is 1.77. The van der Waals surface area contributed by atoms with Crippen molar-refractivity contribution in [1.82, 2.24) is 14.6 Å². The third kappa shape index (κ3) is 4.11. The fraction of sp³-hybridized carbons (Fsp3) is 0.368. The van der Waals surface area contributed by atoms with Gasteiger partial charge in [-0.25, -0.2) is 8.42 Å². The van der Waals surface area contributed by atoms with Crippen LogP contribution in [0.1, 0.15) is 48.3 Å². The van der Waals surface area contributed by atoms with Crippen molar-refractivity contribution >= 4 is 15.9 Å². The molecule has 0 aliphatic carbocycles. The van der Waals surface area contributed by atoms with E-state index >= 15 is 0 Å². The maximum Gasteiger partial charge on any atom is 0.251 e. The first-order chi connectivity index (χ1) is 12.5. The van der Waals surface area contributed by atoms with Crippen molar-refractivity contribution in [2.24, 2.45) is 0 Å². The summed E-state index contributed by atoms with van der Waals surface area (Å²) in [6.45, 7) is 2.92. The fourth-order valence-electron chi connectivity index (χ4n) is 3.04. The van der Waals surface area contributed by atoms with Gasteiger partial charge in [0, 0.05) is 24.8 Å². The van der Waals surface area contributed by atoms with Gasteiger partial charge in [0.25, 0.3) is 5.91 Å². The van der Waals surface area contributed by atoms with Crippen molar-refractivity contribution in [3.8, 4) is 0 Å². The first kappa shape index (κ1) is 18.5. The van der Waals surface area contributed by atoms with E-state index in [1.807, 2.05) is 25.1 Å². The van der Waals surface area contributed by atoms with E-state index in [0.29, 0.717) is 18.7 Å². The van der Waals surface area contributed by atoms with Crippen LogP contribution in [-0.2, 0) is 10.0 Å². The zero-order chi connectivity index (χ0) is 18.6. The zero-order valence-corrected chi connectivity index (χ0v) is 15.6. The minimum Gasteiger partial charge on any atom is -0.344 e. The molecule has 6 nitrogen and oxygen atoms in total. The van der Waals surface area contributed by atoms with Crippen LogP contribution in [0.5, 0.6) is 0 Å². The van der Waals surface area contributed by atoms with Gasteiger partial charge in [-0.2, -0.15) is 4.31 Å². The molecule has 138 valence electrons. The second kappa shape index (κ2) is 7.97. The first-order valence-electron chi connectivity index (χ1n) is 8.80. The van der Waals surface area contributed by atoms with Crippen LogP contribution in [-0.4, -0.2) is 36.7 Å². The molecule has 0 radical (unpaired) electrons. The largest absolute Gasteiger partial charge is 0.344 e. The van der Waals surface area contributed by atoms with Crippen molar-refractivity contribution in [2.75, 3.05) is 13.1 Å². The van der Waals surface area contributed by atoms with Gasteiger partial charge in [-0.05, 0) is 50.1 Å². The molecule has 0 saturated carbocycles. The molecule has 1 fully saturated rings. The molecule has 2 aromatic rings. The van der Waals surface area contributed by atoms with Crippen molar-refractivity contribution in [1.29, 1.82) is 0 Å². The number of pyridine rings is 1. The van der Waals surface area contributed by atoms with E-state index in [9.17, 15) is 13.2 Å². The summed E-state index contributed by atoms with van der Waals surface area (Å²) in [6, 6.07) is 11.5. The van der Waals surface area contributed by atoms with E-state index in [2.05, 4.69) is 10.3 Å². The summed E-state index contributed by atoms with van der Waals surface area (Å²) >= 11 is 0. The van der Waals surface area contributed by atoms with Gasteiger partial charge in [0.05, 0.1) is 16.6 Å². The molecule has 1 unspecified atom stereocenters. The number of nitrogens with zero attached hydrogens (tertiary/aromatic N) is 2. The van der Waals surface area contributed by atoms with E-state index in [0.717, 1.165) is 25.0 Å². The van der Waals surface area contributed by atoms with Crippen LogP contribution in [0.3, 0.4) is 0 Å². The zero-order valence-electron chi connectivity index (χ0n) is 14.8. The van der Waals surface area contributed by atoms with Gasteiger partial charge in [0.1, 0.15) is 0 Å². The van der Waals surface area contributed by atoms with Gasteiger partial charge in [0.15, 0.2) is 0 Å². The Labute approximate surface area is 154 Å². The molecule has 1 aliphatic rings. The number of nitrogens with one attached hydrogen (secondary N) is 1. The fourth-order valence-corrected chi connectivity index (χ4v) is 4.60. The number of sulfonamides is 1. The quantitative estimate of drug-likeness (QED) is 0.874. The number of carbonyl (C=O) groups excluding carboxylic acids is 1. The molecule has 1 aliphatic heterocycles. The number of benzene rings is 1. The smallest absolute Gasteiger partial charge is 0.251 e. The van der Waals surface area contributed by atoms with Gasteiger partial charge in [-0.1, -0.05) is 18.6 Å². The third-order valence-corrected chi connectivity index (χ3v) is 6.42. The van der Waals surface area contributed by atoms with E-state index in [4.69, 9.17) is 0 Å². The van der Waals surface area contributed by atoms with Crippen LogP contribution >= 0.6 is 0 Å². The molecule has 3 rings (SSSR count). The molecule has 1 atom stereocenters. The van der Waals surface area contributed by atoms with Gasteiger partial charge in [0.2, 0.25) is 10.0 Å². The highest BCUT2D eigenvalue weighted by molar-refractivity contribution is 7.89. The molecule has 1 N–H and O–H groups in total. The maximum absolute atomic E-state index is 12.8. The van der Waals surface area contributed by atoms with Gasteiger partial charge in [-0.15, -0.1) is 0 Å². The molecular weight excluding hydrogens is 350 g/mol. The molecule has 2 heterocycles. The third-order valence-electron chi connectivity index (χ3n) is 4.53. The summed E-state index contributed by atoms with van der Waals surface area (Å²) in [5.41, 5.74) is 1.07. The van der Waals surface area contributed by atoms with Crippen molar-refractivity contribution in [2.45, 2.75) is 37.1 Å². The minimum absolute atomic E-state index is 0.164. The average Bonchev–Trinajstić information content (AvgIpc) is 2.69. The average molecular weight is 373 g/mol. The highest BCUT2D eigenvalue weighted by Gasteiger charge is 2.26. The molecule has 1 aromatic heterocycles. The standard InChI is InChI=1S/C19H23N3O3S/c1-15(18-10-3-4-11-20-18)21-19(23)16-8-7-9-17(14-16)26(24,25)22-12-5-2-6-13-22/h3-4,7-11,14-15H,2,5-6,12-13H2,1H3,(H,21,23). The number of hydrogen-bond acceptors (Lipinski definition) is 4. The Morgan fingerprint density at radius 3 is 2.58 bits per heavy atom. The summed E-state index contributed by atoms with van der Waals surface area (Å²) < 4.78 is 27.1. The highest BCUT2D eigenvalue weighted by Crippen LogP contribution is 2.21. The summed E-state index contributed by atoms with van der Waals surface area (Å²) in [7, 11) is -3.56. The SMILES string of the molecule is CC(NC(=O)c1cccc(S(=O)(=O)N2CCCCC2)c1)c1ccccn1. The summed E-state index contributed by atoms with van der Waals surface area (Å²) in [5.74, 6) is -0.321. The molecule has 26 heavy (non-hydrogen) atoms. The van der Waals surface area contributed by atoms with Crippen LogP contribution in [0.15, 0.2) is 53.6 Å². The maximum atomic E-state index is 12.8. The molecule has 1 amide bonds. The van der Waals surface area contributed by atoms with Gasteiger partial charge in [-0.3, -0.25) is 9.78 Å². The molecule has 7 heteroatoms. The number of hydrogen-bond donors (Lipinski definition) is 1. The van der Waals surface area contributed by atoms with Gasteiger partial charge >= 0.3 is 0 Å². The van der Waals surface area contributed by atoms with Crippen LogP contribution in [0.2, 0.25) is 0 Å². The number of piperidine rings is 1. The number of amides is 1. The molecule has 1 aromatic carbocycles. The summed E-state index contributed by atoms with van der Waals surface area (Å²) in [5, 5.41) is 2.86. The minimum atomic E-state index is -3.56. The van der Waals surface area contributed by atoms with E-state index < -0.39 is 10.0 Å². The first-order valence-corrected chi connectivity index (χ1v) is 10.2. The van der Waals surface area contributed by atoms with Crippen molar-refractivity contribution in [3.63, 3.8) is 0 Å². The van der Waals surface area contributed by atoms with Crippen LogP contribution in [0.25, 0.3) is 0 Å². The lowest BCUT2D eigenvalue weighted by atomic mass is 10.1. The summed E-state index contributed by atoms with van der Waals surface area (Å²) in [6.07, 6.45) is 4.48. The monoisotopic (exact) mass is 373 g/mol. The van der Waals surface area contributed by atoms with Crippen molar-refractivity contribution < 1.29 is 13.2 Å². The van der Waals surface area contributed by atoms with Crippen LogP contribution in [0.4, 0.5) is 0 Å². The summed E-state index contributed by atoms with van der Waals surface area (Å²) in [4.78, 5) is 16.9. The normalized spacial score (nSPS) is 16.8.